The molecule has 13 heteroatoms. The maximum absolute atomic E-state index is 11.9. The van der Waals surface area contributed by atoms with Crippen molar-refractivity contribution >= 4 is 51.6 Å². The highest BCUT2D eigenvalue weighted by Gasteiger charge is 2.33. The first kappa shape index (κ1) is 28.2. The fourth-order valence-corrected chi connectivity index (χ4v) is 5.42. The summed E-state index contributed by atoms with van der Waals surface area (Å²) in [5.41, 5.74) is 1.03. The number of benzene rings is 1. The summed E-state index contributed by atoms with van der Waals surface area (Å²) in [6, 6.07) is 3.55. The summed E-state index contributed by atoms with van der Waals surface area (Å²) in [5.74, 6) is 2.22. The number of pyridine rings is 1. The molecular formula is C27H31Cl2N7O4. The number of carbonyl (C=O) groups excluding carboxylic acids is 1. The van der Waals surface area contributed by atoms with Gasteiger partial charge in [-0.05, 0) is 26.2 Å². The Hall–Kier alpha value is -3.38. The number of anilines is 2. The third-order valence-corrected chi connectivity index (χ3v) is 7.93. The van der Waals surface area contributed by atoms with E-state index in [4.69, 9.17) is 47.4 Å². The first-order chi connectivity index (χ1) is 19.2. The normalized spacial score (nSPS) is 19.0. The summed E-state index contributed by atoms with van der Waals surface area (Å²) in [6.07, 6.45) is 2.93. The second-order valence-corrected chi connectivity index (χ2v) is 10.6. The SMILES string of the molecule is C=CC(=O)N[C@H]1COC[C@H]1Nc1cc2c(N3CC(N(C)C)C3)nc(-c3c(Cl)c(OC)cc(OC)c3Cl)nc2cn1. The monoisotopic (exact) mass is 587 g/mol. The van der Waals surface area contributed by atoms with Gasteiger partial charge in [-0.1, -0.05) is 29.8 Å². The van der Waals surface area contributed by atoms with E-state index in [0.29, 0.717) is 53.5 Å². The molecule has 2 fully saturated rings. The van der Waals surface area contributed by atoms with E-state index in [-0.39, 0.29) is 28.0 Å². The summed E-state index contributed by atoms with van der Waals surface area (Å²) in [6.45, 7) is 5.93. The van der Waals surface area contributed by atoms with Gasteiger partial charge in [-0.15, -0.1) is 0 Å². The van der Waals surface area contributed by atoms with E-state index in [1.165, 1.54) is 20.3 Å². The molecule has 0 saturated carbocycles. The number of ether oxygens (including phenoxy) is 3. The van der Waals surface area contributed by atoms with Crippen LogP contribution in [0.2, 0.25) is 10.0 Å². The van der Waals surface area contributed by atoms with Gasteiger partial charge in [-0.2, -0.15) is 0 Å². The summed E-state index contributed by atoms with van der Waals surface area (Å²) >= 11 is 13.4. The van der Waals surface area contributed by atoms with Crippen molar-refractivity contribution in [2.24, 2.45) is 0 Å². The topological polar surface area (TPSA) is 114 Å². The maximum Gasteiger partial charge on any atom is 0.243 e. The molecule has 0 unspecified atom stereocenters. The third-order valence-electron chi connectivity index (χ3n) is 7.18. The molecule has 2 aliphatic rings. The predicted molar refractivity (Wildman–Crippen MR) is 156 cm³/mol. The van der Waals surface area contributed by atoms with Crippen LogP contribution in [0.5, 0.6) is 11.5 Å². The minimum atomic E-state index is -0.253. The molecule has 2 atom stereocenters. The minimum Gasteiger partial charge on any atom is -0.495 e. The van der Waals surface area contributed by atoms with E-state index in [1.807, 2.05) is 6.07 Å². The van der Waals surface area contributed by atoms with Gasteiger partial charge in [0.25, 0.3) is 0 Å². The molecule has 2 saturated heterocycles. The van der Waals surface area contributed by atoms with Crippen LogP contribution >= 0.6 is 23.2 Å². The van der Waals surface area contributed by atoms with Gasteiger partial charge < -0.3 is 34.6 Å². The minimum absolute atomic E-state index is 0.165. The third kappa shape index (κ3) is 5.34. The first-order valence-corrected chi connectivity index (χ1v) is 13.5. The van der Waals surface area contributed by atoms with Crippen molar-refractivity contribution in [3.63, 3.8) is 0 Å². The fraction of sp³-hybridized carbons (Fsp3) is 0.407. The van der Waals surface area contributed by atoms with Crippen LogP contribution in [0.3, 0.4) is 0 Å². The summed E-state index contributed by atoms with van der Waals surface area (Å²) < 4.78 is 16.5. The highest BCUT2D eigenvalue weighted by molar-refractivity contribution is 6.41. The Morgan fingerprint density at radius 1 is 1.12 bits per heavy atom. The van der Waals surface area contributed by atoms with E-state index in [0.717, 1.165) is 24.3 Å². The Bertz CT molecular complexity index is 1420. The van der Waals surface area contributed by atoms with Crippen molar-refractivity contribution in [2.45, 2.75) is 18.1 Å². The van der Waals surface area contributed by atoms with E-state index in [9.17, 15) is 4.79 Å². The number of halogens is 2. The Morgan fingerprint density at radius 3 is 2.42 bits per heavy atom. The zero-order valence-electron chi connectivity index (χ0n) is 22.7. The van der Waals surface area contributed by atoms with Gasteiger partial charge >= 0.3 is 0 Å². The van der Waals surface area contributed by atoms with E-state index in [2.05, 4.69) is 46.1 Å². The molecule has 2 N–H and O–H groups in total. The van der Waals surface area contributed by atoms with Crippen LogP contribution in [0.25, 0.3) is 22.3 Å². The quantitative estimate of drug-likeness (QED) is 0.361. The molecule has 0 aliphatic carbocycles. The molecule has 212 valence electrons. The number of methoxy groups -OCH3 is 2. The zero-order valence-corrected chi connectivity index (χ0v) is 24.2. The molecule has 1 amide bonds. The number of rotatable bonds is 9. The number of aromatic nitrogens is 3. The van der Waals surface area contributed by atoms with Gasteiger partial charge in [0.1, 0.15) is 23.1 Å². The molecule has 1 aromatic carbocycles. The predicted octanol–water partition coefficient (Wildman–Crippen LogP) is 3.25. The Labute approximate surface area is 242 Å². The van der Waals surface area contributed by atoms with Crippen molar-refractivity contribution < 1.29 is 19.0 Å². The molecule has 11 nitrogen and oxygen atoms in total. The van der Waals surface area contributed by atoms with Gasteiger partial charge in [0.05, 0.1) is 66.8 Å². The maximum atomic E-state index is 11.9. The first-order valence-electron chi connectivity index (χ1n) is 12.7. The molecule has 3 aromatic rings. The fourth-order valence-electron chi connectivity index (χ4n) is 4.75. The average molecular weight is 588 g/mol. The Kier molecular flexibility index (Phi) is 8.18. The van der Waals surface area contributed by atoms with Gasteiger partial charge in [-0.3, -0.25) is 4.79 Å². The van der Waals surface area contributed by atoms with Crippen molar-refractivity contribution in [1.29, 1.82) is 0 Å². The molecule has 2 aliphatic heterocycles. The van der Waals surface area contributed by atoms with Gasteiger partial charge in [0.2, 0.25) is 5.91 Å². The molecule has 0 spiro atoms. The summed E-state index contributed by atoms with van der Waals surface area (Å²) in [7, 11) is 7.16. The Morgan fingerprint density at radius 2 is 1.80 bits per heavy atom. The molecule has 5 rings (SSSR count). The average Bonchev–Trinajstić information content (AvgIpc) is 3.34. The van der Waals surface area contributed by atoms with Crippen molar-refractivity contribution in [3.8, 4) is 22.9 Å². The zero-order chi connectivity index (χ0) is 28.6. The highest BCUT2D eigenvalue weighted by atomic mass is 35.5. The van der Waals surface area contributed by atoms with Crippen LogP contribution < -0.4 is 25.0 Å². The van der Waals surface area contributed by atoms with Crippen LogP contribution in [-0.4, -0.2) is 98.5 Å². The number of nitrogens with zero attached hydrogens (tertiary/aromatic N) is 5. The van der Waals surface area contributed by atoms with Crippen LogP contribution in [0.1, 0.15) is 0 Å². The number of likely N-dealkylation sites (N-methyl/N-ethyl adjacent to an activating group) is 1. The Balaban J connectivity index is 1.57. The van der Waals surface area contributed by atoms with Crippen molar-refractivity contribution in [2.75, 3.05) is 64.8 Å². The van der Waals surface area contributed by atoms with E-state index >= 15 is 0 Å². The largest absolute Gasteiger partial charge is 0.495 e. The summed E-state index contributed by atoms with van der Waals surface area (Å²) in [4.78, 5) is 30.6. The second kappa shape index (κ2) is 11.6. The molecular weight excluding hydrogens is 557 g/mol. The number of nitrogens with one attached hydrogen (secondary N) is 2. The van der Waals surface area contributed by atoms with E-state index in [1.54, 1.807) is 12.3 Å². The van der Waals surface area contributed by atoms with E-state index < -0.39 is 0 Å². The van der Waals surface area contributed by atoms with Crippen LogP contribution in [0, 0.1) is 0 Å². The molecule has 0 bridgehead atoms. The van der Waals surface area contributed by atoms with Crippen molar-refractivity contribution in [1.82, 2.24) is 25.2 Å². The summed E-state index contributed by atoms with van der Waals surface area (Å²) in [5, 5.41) is 7.68. The molecule has 4 heterocycles. The lowest BCUT2D eigenvalue weighted by Crippen LogP contribution is -2.57. The van der Waals surface area contributed by atoms with Crippen molar-refractivity contribution in [3.05, 3.63) is 41.0 Å². The number of hydrogen-bond donors (Lipinski definition) is 2. The number of fused-ring (bicyclic) bond motifs is 1. The lowest BCUT2D eigenvalue weighted by atomic mass is 10.1. The molecule has 40 heavy (non-hydrogen) atoms. The van der Waals surface area contributed by atoms with Crippen LogP contribution in [0.4, 0.5) is 11.6 Å². The van der Waals surface area contributed by atoms with Crippen LogP contribution in [0.15, 0.2) is 31.0 Å². The number of amides is 1. The van der Waals surface area contributed by atoms with Gasteiger partial charge in [0.15, 0.2) is 5.82 Å². The van der Waals surface area contributed by atoms with Crippen LogP contribution in [-0.2, 0) is 9.53 Å². The number of hydrogen-bond acceptors (Lipinski definition) is 10. The van der Waals surface area contributed by atoms with Gasteiger partial charge in [-0.25, -0.2) is 15.0 Å². The standard InChI is InChI=1S/C27H31Cl2N7O4/c1-6-22(37)32-18-13-40-12-17(18)31-21-7-15-16(9-30-21)33-26(34-27(15)36-10-14(11-36)35(2)3)23-24(28)19(38-4)8-20(39-5)25(23)29/h6-9,14,17-18H,1,10-13H2,2-5H3,(H,30,31)(H,32,37)/t17-,18+/m1/s1. The lowest BCUT2D eigenvalue weighted by molar-refractivity contribution is -0.117. The number of carbonyl (C=O) groups is 1. The smallest absolute Gasteiger partial charge is 0.243 e. The molecule has 0 radical (unpaired) electrons. The highest BCUT2D eigenvalue weighted by Crippen LogP contribution is 2.46. The van der Waals surface area contributed by atoms with Gasteiger partial charge in [0, 0.05) is 30.6 Å². The lowest BCUT2D eigenvalue weighted by Gasteiger charge is -2.43. The molecule has 2 aromatic heterocycles. The second-order valence-electron chi connectivity index (χ2n) is 9.87.